The van der Waals surface area contributed by atoms with Gasteiger partial charge in [0.05, 0.1) is 12.0 Å². The molecule has 1 rings (SSSR count). The number of nitrogens with one attached hydrogen (secondary N) is 2. The minimum absolute atomic E-state index is 0.0802. The highest BCUT2D eigenvalue weighted by atomic mass is 16.4. The largest absolute Gasteiger partial charge is 0.481 e. The van der Waals surface area contributed by atoms with E-state index in [-0.39, 0.29) is 18.4 Å². The van der Waals surface area contributed by atoms with Gasteiger partial charge in [-0.3, -0.25) is 9.59 Å². The molecule has 120 valence electrons. The quantitative estimate of drug-likeness (QED) is 0.495. The van der Waals surface area contributed by atoms with E-state index >= 15 is 0 Å². The molecule has 1 aliphatic heterocycles. The first kappa shape index (κ1) is 17.4. The molecular formula is C14H24N2O5. The van der Waals surface area contributed by atoms with Gasteiger partial charge < -0.3 is 20.8 Å². The SMILES string of the molecule is CCCCC(C[C@H](NC(=O)[C@@H]1CCCN1)C(=O)O)C(=O)O. The number of carbonyl (C=O) groups is 3. The summed E-state index contributed by atoms with van der Waals surface area (Å²) in [6.45, 7) is 2.69. The smallest absolute Gasteiger partial charge is 0.326 e. The Kier molecular flexibility index (Phi) is 7.14. The van der Waals surface area contributed by atoms with Gasteiger partial charge >= 0.3 is 11.9 Å². The molecule has 0 bridgehead atoms. The van der Waals surface area contributed by atoms with Crippen LogP contribution in [0.15, 0.2) is 0 Å². The van der Waals surface area contributed by atoms with Crippen LogP contribution in [0, 0.1) is 5.92 Å². The van der Waals surface area contributed by atoms with Gasteiger partial charge in [0.15, 0.2) is 0 Å². The third kappa shape index (κ3) is 5.71. The molecule has 1 saturated heterocycles. The van der Waals surface area contributed by atoms with Gasteiger partial charge in [-0.15, -0.1) is 0 Å². The van der Waals surface area contributed by atoms with Gasteiger partial charge in [0.2, 0.25) is 5.91 Å². The van der Waals surface area contributed by atoms with Gasteiger partial charge in [-0.1, -0.05) is 19.8 Å². The molecule has 1 amide bonds. The van der Waals surface area contributed by atoms with Crippen molar-refractivity contribution in [2.75, 3.05) is 6.54 Å². The Balaban J connectivity index is 2.60. The molecule has 0 spiro atoms. The molecule has 0 aliphatic carbocycles. The Bertz CT molecular complexity index is 380. The van der Waals surface area contributed by atoms with E-state index in [0.29, 0.717) is 12.8 Å². The van der Waals surface area contributed by atoms with Crippen LogP contribution in [0.4, 0.5) is 0 Å². The second-order valence-corrected chi connectivity index (χ2v) is 5.46. The van der Waals surface area contributed by atoms with E-state index in [9.17, 15) is 19.5 Å². The van der Waals surface area contributed by atoms with Crippen LogP contribution < -0.4 is 10.6 Å². The summed E-state index contributed by atoms with van der Waals surface area (Å²) in [6, 6.07) is -1.52. The summed E-state index contributed by atoms with van der Waals surface area (Å²) < 4.78 is 0. The lowest BCUT2D eigenvalue weighted by Gasteiger charge is -2.20. The Hall–Kier alpha value is -1.63. The van der Waals surface area contributed by atoms with E-state index in [0.717, 1.165) is 25.8 Å². The molecular weight excluding hydrogens is 276 g/mol. The first-order valence-electron chi connectivity index (χ1n) is 7.45. The maximum Gasteiger partial charge on any atom is 0.326 e. The fraction of sp³-hybridized carbons (Fsp3) is 0.786. The third-order valence-electron chi connectivity index (χ3n) is 3.77. The number of carboxylic acid groups (broad SMARTS) is 2. The summed E-state index contributed by atoms with van der Waals surface area (Å²) in [5, 5.41) is 23.8. The van der Waals surface area contributed by atoms with Gasteiger partial charge in [-0.2, -0.15) is 0 Å². The third-order valence-corrected chi connectivity index (χ3v) is 3.77. The second kappa shape index (κ2) is 8.61. The molecule has 1 unspecified atom stereocenters. The molecule has 0 radical (unpaired) electrons. The second-order valence-electron chi connectivity index (χ2n) is 5.46. The van der Waals surface area contributed by atoms with Crippen molar-refractivity contribution in [2.24, 2.45) is 5.92 Å². The lowest BCUT2D eigenvalue weighted by atomic mass is 9.94. The topological polar surface area (TPSA) is 116 Å². The molecule has 1 fully saturated rings. The summed E-state index contributed by atoms with van der Waals surface area (Å²) in [7, 11) is 0. The molecule has 0 aromatic carbocycles. The lowest BCUT2D eigenvalue weighted by molar-refractivity contribution is -0.146. The maximum absolute atomic E-state index is 11.9. The molecule has 0 aromatic rings. The van der Waals surface area contributed by atoms with E-state index in [2.05, 4.69) is 10.6 Å². The van der Waals surface area contributed by atoms with Crippen LogP contribution in [0.25, 0.3) is 0 Å². The number of rotatable bonds is 9. The number of amides is 1. The lowest BCUT2D eigenvalue weighted by Crippen LogP contribution is -2.49. The van der Waals surface area contributed by atoms with Crippen molar-refractivity contribution in [1.29, 1.82) is 0 Å². The fourth-order valence-corrected chi connectivity index (χ4v) is 2.48. The normalized spacial score (nSPS) is 20.7. The van der Waals surface area contributed by atoms with E-state index in [1.807, 2.05) is 6.92 Å². The highest BCUT2D eigenvalue weighted by Gasteiger charge is 2.30. The summed E-state index contributed by atoms with van der Waals surface area (Å²) in [5.74, 6) is -3.31. The van der Waals surface area contributed by atoms with Crippen molar-refractivity contribution in [1.82, 2.24) is 10.6 Å². The van der Waals surface area contributed by atoms with E-state index in [1.54, 1.807) is 0 Å². The van der Waals surface area contributed by atoms with Crippen LogP contribution in [0.2, 0.25) is 0 Å². The number of carbonyl (C=O) groups excluding carboxylic acids is 1. The van der Waals surface area contributed by atoms with Crippen LogP contribution in [-0.2, 0) is 14.4 Å². The van der Waals surface area contributed by atoms with Crippen LogP contribution in [0.1, 0.15) is 45.4 Å². The number of hydrogen-bond donors (Lipinski definition) is 4. The van der Waals surface area contributed by atoms with Crippen molar-refractivity contribution in [3.8, 4) is 0 Å². The molecule has 0 saturated carbocycles. The van der Waals surface area contributed by atoms with Crippen LogP contribution in [-0.4, -0.2) is 46.7 Å². The Morgan fingerprint density at radius 3 is 2.48 bits per heavy atom. The standard InChI is InChI=1S/C14H24N2O5/c1-2-3-5-9(13(18)19)8-11(14(20)21)16-12(17)10-6-4-7-15-10/h9-11,15H,2-8H2,1H3,(H,16,17)(H,18,19)(H,20,21)/t9?,10-,11-/m0/s1. The molecule has 7 nitrogen and oxygen atoms in total. The first-order chi connectivity index (χ1) is 9.95. The molecule has 1 aliphatic rings. The monoisotopic (exact) mass is 300 g/mol. The average Bonchev–Trinajstić information content (AvgIpc) is 2.95. The summed E-state index contributed by atoms with van der Waals surface area (Å²) in [6.07, 6.45) is 3.47. The van der Waals surface area contributed by atoms with Crippen molar-refractivity contribution in [3.05, 3.63) is 0 Å². The predicted molar refractivity (Wildman–Crippen MR) is 75.9 cm³/mol. The van der Waals surface area contributed by atoms with Crippen LogP contribution in [0.5, 0.6) is 0 Å². The van der Waals surface area contributed by atoms with E-state index in [4.69, 9.17) is 5.11 Å². The van der Waals surface area contributed by atoms with Crippen LogP contribution in [0.3, 0.4) is 0 Å². The first-order valence-corrected chi connectivity index (χ1v) is 7.45. The van der Waals surface area contributed by atoms with Gasteiger partial charge in [0.1, 0.15) is 6.04 Å². The van der Waals surface area contributed by atoms with E-state index < -0.39 is 23.9 Å². The van der Waals surface area contributed by atoms with Gasteiger partial charge in [0.25, 0.3) is 0 Å². The van der Waals surface area contributed by atoms with Crippen LogP contribution >= 0.6 is 0 Å². The number of carboxylic acids is 2. The Morgan fingerprint density at radius 2 is 2.00 bits per heavy atom. The fourth-order valence-electron chi connectivity index (χ4n) is 2.48. The number of aliphatic carboxylic acids is 2. The summed E-state index contributed by atoms with van der Waals surface area (Å²) in [4.78, 5) is 34.4. The molecule has 3 atom stereocenters. The van der Waals surface area contributed by atoms with E-state index in [1.165, 1.54) is 0 Å². The predicted octanol–water partition coefficient (Wildman–Crippen LogP) is 0.589. The Morgan fingerprint density at radius 1 is 1.29 bits per heavy atom. The molecule has 1 heterocycles. The molecule has 21 heavy (non-hydrogen) atoms. The minimum atomic E-state index is -1.19. The highest BCUT2D eigenvalue weighted by molar-refractivity contribution is 5.87. The summed E-state index contributed by atoms with van der Waals surface area (Å²) in [5.41, 5.74) is 0. The minimum Gasteiger partial charge on any atom is -0.481 e. The maximum atomic E-state index is 11.9. The van der Waals surface area contributed by atoms with Crippen molar-refractivity contribution >= 4 is 17.8 Å². The van der Waals surface area contributed by atoms with Gasteiger partial charge in [0, 0.05) is 0 Å². The molecule has 0 aromatic heterocycles. The molecule has 4 N–H and O–H groups in total. The highest BCUT2D eigenvalue weighted by Crippen LogP contribution is 2.16. The van der Waals surface area contributed by atoms with Crippen molar-refractivity contribution in [3.63, 3.8) is 0 Å². The number of hydrogen-bond acceptors (Lipinski definition) is 4. The van der Waals surface area contributed by atoms with Crippen molar-refractivity contribution < 1.29 is 24.6 Å². The van der Waals surface area contributed by atoms with Gasteiger partial charge in [-0.25, -0.2) is 4.79 Å². The molecule has 7 heteroatoms. The average molecular weight is 300 g/mol. The summed E-state index contributed by atoms with van der Waals surface area (Å²) >= 11 is 0. The number of unbranched alkanes of at least 4 members (excludes halogenated alkanes) is 1. The van der Waals surface area contributed by atoms with Gasteiger partial charge in [-0.05, 0) is 32.2 Å². The zero-order valence-corrected chi connectivity index (χ0v) is 12.3. The zero-order valence-electron chi connectivity index (χ0n) is 12.3. The van der Waals surface area contributed by atoms with Crippen molar-refractivity contribution in [2.45, 2.75) is 57.5 Å². The Labute approximate surface area is 124 Å². The zero-order chi connectivity index (χ0) is 15.8.